The van der Waals surface area contributed by atoms with Crippen molar-refractivity contribution in [2.24, 2.45) is 0 Å². The molecule has 1 saturated heterocycles. The lowest BCUT2D eigenvalue weighted by Crippen LogP contribution is -2.48. The van der Waals surface area contributed by atoms with Crippen molar-refractivity contribution >= 4 is 11.6 Å². The van der Waals surface area contributed by atoms with E-state index in [2.05, 4.69) is 10.00 Å². The van der Waals surface area contributed by atoms with Gasteiger partial charge in [-0.1, -0.05) is 17.7 Å². The Labute approximate surface area is 210 Å². The molecule has 0 spiro atoms. The zero-order chi connectivity index (χ0) is 24.7. The second kappa shape index (κ2) is 11.8. The molecule has 1 aliphatic rings. The number of nitrogens with zero attached hydrogens (tertiary/aromatic N) is 3. The van der Waals surface area contributed by atoms with Gasteiger partial charge in [-0.15, -0.1) is 0 Å². The molecule has 8 nitrogen and oxygen atoms in total. The summed E-state index contributed by atoms with van der Waals surface area (Å²) in [5.41, 5.74) is 1.04. The van der Waals surface area contributed by atoms with Crippen molar-refractivity contribution in [1.29, 1.82) is 0 Å². The molecular weight excluding hydrogens is 470 g/mol. The molecule has 0 radical (unpaired) electrons. The van der Waals surface area contributed by atoms with Gasteiger partial charge in [0.2, 0.25) is 0 Å². The summed E-state index contributed by atoms with van der Waals surface area (Å²) in [5, 5.41) is 16.1. The van der Waals surface area contributed by atoms with Crippen LogP contribution in [0.5, 0.6) is 17.2 Å². The van der Waals surface area contributed by atoms with E-state index in [9.17, 15) is 5.11 Å². The summed E-state index contributed by atoms with van der Waals surface area (Å²) >= 11 is 5.94. The van der Waals surface area contributed by atoms with Crippen molar-refractivity contribution in [3.8, 4) is 17.2 Å². The molecule has 2 aromatic carbocycles. The zero-order valence-corrected chi connectivity index (χ0v) is 20.9. The number of aryl methyl sites for hydroxylation is 1. The van der Waals surface area contributed by atoms with Gasteiger partial charge in [-0.2, -0.15) is 5.10 Å². The van der Waals surface area contributed by atoms with Crippen LogP contribution in [-0.4, -0.2) is 72.0 Å². The van der Waals surface area contributed by atoms with E-state index in [0.29, 0.717) is 61.7 Å². The molecule has 0 unspecified atom stereocenters. The maximum atomic E-state index is 11.2. The van der Waals surface area contributed by atoms with Crippen LogP contribution in [0.15, 0.2) is 54.9 Å². The maximum Gasteiger partial charge on any atom is 0.161 e. The Kier molecular flexibility index (Phi) is 8.51. The van der Waals surface area contributed by atoms with Crippen LogP contribution in [0.3, 0.4) is 0 Å². The highest BCUT2D eigenvalue weighted by molar-refractivity contribution is 6.30. The molecule has 9 heteroatoms. The summed E-state index contributed by atoms with van der Waals surface area (Å²) in [6, 6.07) is 13.0. The summed E-state index contributed by atoms with van der Waals surface area (Å²) in [7, 11) is 1.63. The predicted octanol–water partition coefficient (Wildman–Crippen LogP) is 3.57. The molecule has 3 aromatic rings. The van der Waals surface area contributed by atoms with Crippen molar-refractivity contribution in [3.63, 3.8) is 0 Å². The number of β-amino-alcohol motifs (C(OH)–C–C–N with tert-alkyl or cyclic N) is 1. The number of hydrogen-bond donors (Lipinski definition) is 1. The summed E-state index contributed by atoms with van der Waals surface area (Å²) in [6.07, 6.45) is 3.81. The van der Waals surface area contributed by atoms with E-state index in [1.54, 1.807) is 31.4 Å². The molecule has 35 heavy (non-hydrogen) atoms. The fraction of sp³-hybridized carbons (Fsp3) is 0.423. The topological polar surface area (TPSA) is 78.2 Å². The SMILES string of the molecule is COc1cc(CN2CCOC[C@](O)(COc3ccc(Cl)cc3)C2)ccc1OCCn1cc(C)cn1. The van der Waals surface area contributed by atoms with E-state index in [4.69, 9.17) is 30.5 Å². The number of methoxy groups -OCH3 is 1. The van der Waals surface area contributed by atoms with E-state index < -0.39 is 5.60 Å². The molecular formula is C26H32ClN3O5. The third-order valence-corrected chi connectivity index (χ3v) is 5.99. The van der Waals surface area contributed by atoms with Crippen LogP contribution >= 0.6 is 11.6 Å². The lowest BCUT2D eigenvalue weighted by molar-refractivity contribution is -0.0646. The van der Waals surface area contributed by atoms with Crippen molar-refractivity contribution in [3.05, 3.63) is 71.0 Å². The molecule has 0 saturated carbocycles. The zero-order valence-electron chi connectivity index (χ0n) is 20.2. The van der Waals surface area contributed by atoms with Gasteiger partial charge >= 0.3 is 0 Å². The maximum absolute atomic E-state index is 11.2. The van der Waals surface area contributed by atoms with Crippen LogP contribution in [0, 0.1) is 6.92 Å². The van der Waals surface area contributed by atoms with Crippen molar-refractivity contribution in [1.82, 2.24) is 14.7 Å². The average Bonchev–Trinajstić information content (AvgIpc) is 3.17. The number of aromatic nitrogens is 2. The van der Waals surface area contributed by atoms with E-state index in [0.717, 1.165) is 11.1 Å². The highest BCUT2D eigenvalue weighted by Gasteiger charge is 2.33. The van der Waals surface area contributed by atoms with Gasteiger partial charge < -0.3 is 24.1 Å². The number of benzene rings is 2. The number of hydrogen-bond acceptors (Lipinski definition) is 7. The molecule has 188 valence electrons. The normalized spacial score (nSPS) is 18.7. The monoisotopic (exact) mass is 501 g/mol. The van der Waals surface area contributed by atoms with Gasteiger partial charge in [0.05, 0.1) is 33.1 Å². The molecule has 1 atom stereocenters. The smallest absolute Gasteiger partial charge is 0.161 e. The number of ether oxygens (including phenoxy) is 4. The fourth-order valence-electron chi connectivity index (χ4n) is 3.99. The lowest BCUT2D eigenvalue weighted by atomic mass is 10.1. The van der Waals surface area contributed by atoms with Crippen LogP contribution < -0.4 is 14.2 Å². The molecule has 0 amide bonds. The molecule has 1 aromatic heterocycles. The third-order valence-electron chi connectivity index (χ3n) is 5.74. The summed E-state index contributed by atoms with van der Waals surface area (Å²) in [5.74, 6) is 2.01. The molecule has 0 aliphatic carbocycles. The molecule has 2 heterocycles. The highest BCUT2D eigenvalue weighted by atomic mass is 35.5. The second-order valence-corrected chi connectivity index (χ2v) is 9.28. The molecule has 1 aliphatic heterocycles. The van der Waals surface area contributed by atoms with Gasteiger partial charge in [-0.3, -0.25) is 9.58 Å². The molecule has 4 rings (SSSR count). The predicted molar refractivity (Wildman–Crippen MR) is 133 cm³/mol. The molecule has 0 bridgehead atoms. The van der Waals surface area contributed by atoms with E-state index in [1.165, 1.54) is 0 Å². The van der Waals surface area contributed by atoms with Crippen LogP contribution in [0.1, 0.15) is 11.1 Å². The summed E-state index contributed by atoms with van der Waals surface area (Å²) in [6.45, 7) is 5.78. The largest absolute Gasteiger partial charge is 0.493 e. The lowest BCUT2D eigenvalue weighted by Gasteiger charge is -2.30. The number of aliphatic hydroxyl groups is 1. The van der Waals surface area contributed by atoms with Crippen LogP contribution in [0.25, 0.3) is 0 Å². The Balaban J connectivity index is 1.34. The quantitative estimate of drug-likeness (QED) is 0.455. The Morgan fingerprint density at radius 2 is 1.97 bits per heavy atom. The first-order valence-electron chi connectivity index (χ1n) is 11.6. The van der Waals surface area contributed by atoms with Gasteiger partial charge in [0, 0.05) is 30.9 Å². The average molecular weight is 502 g/mol. The molecule has 1 N–H and O–H groups in total. The first kappa shape index (κ1) is 25.3. The van der Waals surface area contributed by atoms with Gasteiger partial charge in [-0.25, -0.2) is 0 Å². The number of rotatable bonds is 10. The van der Waals surface area contributed by atoms with Gasteiger partial charge in [0.15, 0.2) is 11.5 Å². The van der Waals surface area contributed by atoms with Gasteiger partial charge in [0.1, 0.15) is 24.6 Å². The Morgan fingerprint density at radius 3 is 2.71 bits per heavy atom. The van der Waals surface area contributed by atoms with E-state index >= 15 is 0 Å². The Morgan fingerprint density at radius 1 is 1.14 bits per heavy atom. The van der Waals surface area contributed by atoms with Crippen molar-refractivity contribution in [2.45, 2.75) is 25.6 Å². The van der Waals surface area contributed by atoms with Crippen molar-refractivity contribution < 1.29 is 24.1 Å². The highest BCUT2D eigenvalue weighted by Crippen LogP contribution is 2.29. The minimum Gasteiger partial charge on any atom is -0.493 e. The third kappa shape index (κ3) is 7.35. The van der Waals surface area contributed by atoms with Gasteiger partial charge in [0.25, 0.3) is 0 Å². The Hall–Kier alpha value is -2.78. The van der Waals surface area contributed by atoms with Crippen LogP contribution in [0.2, 0.25) is 5.02 Å². The van der Waals surface area contributed by atoms with E-state index in [-0.39, 0.29) is 13.2 Å². The summed E-state index contributed by atoms with van der Waals surface area (Å²) < 4.78 is 24.9. The van der Waals surface area contributed by atoms with Crippen LogP contribution in [0.4, 0.5) is 0 Å². The minimum absolute atomic E-state index is 0.122. The summed E-state index contributed by atoms with van der Waals surface area (Å²) in [4.78, 5) is 2.16. The van der Waals surface area contributed by atoms with E-state index in [1.807, 2.05) is 42.2 Å². The first-order valence-corrected chi connectivity index (χ1v) is 12.0. The number of halogens is 1. The van der Waals surface area contributed by atoms with Crippen LogP contribution in [-0.2, 0) is 17.8 Å². The van der Waals surface area contributed by atoms with Crippen molar-refractivity contribution in [2.75, 3.05) is 46.6 Å². The second-order valence-electron chi connectivity index (χ2n) is 8.84. The fourth-order valence-corrected chi connectivity index (χ4v) is 4.12. The Bertz CT molecular complexity index is 1090. The first-order chi connectivity index (χ1) is 16.9. The minimum atomic E-state index is -1.13. The van der Waals surface area contributed by atoms with Gasteiger partial charge in [-0.05, 0) is 54.4 Å². The standard InChI is InChI=1S/C26H32ClN3O5/c1-20-14-28-30(15-20)10-12-34-24-8-3-21(13-25(24)32-2)16-29-9-11-33-18-26(31,17-29)19-35-23-6-4-22(27)5-7-23/h3-8,13-15,31H,9-12,16-19H2,1-2H3/t26-/m0/s1. The molecule has 1 fully saturated rings.